The maximum Gasteiger partial charge on any atom is 0.263 e. The fourth-order valence-electron chi connectivity index (χ4n) is 1.28. The summed E-state index contributed by atoms with van der Waals surface area (Å²) in [7, 11) is 1.58. The number of nitrogens with zero attached hydrogens (tertiary/aromatic N) is 5. The Balaban J connectivity index is 2.40. The molecule has 0 spiro atoms. The minimum atomic E-state index is 0.110. The van der Waals surface area contributed by atoms with Gasteiger partial charge in [-0.25, -0.2) is 0 Å². The summed E-state index contributed by atoms with van der Waals surface area (Å²) in [6.45, 7) is 0. The van der Waals surface area contributed by atoms with Gasteiger partial charge in [0, 0.05) is 10.0 Å². The fourth-order valence-corrected chi connectivity index (χ4v) is 2.70. The van der Waals surface area contributed by atoms with Crippen LogP contribution in [-0.2, 0) is 0 Å². The van der Waals surface area contributed by atoms with Crippen molar-refractivity contribution in [1.82, 2.24) is 20.3 Å². The van der Waals surface area contributed by atoms with Crippen molar-refractivity contribution in [2.75, 3.05) is 12.8 Å². The summed E-state index contributed by atoms with van der Waals surface area (Å²) < 4.78 is 6.98. The van der Waals surface area contributed by atoms with Gasteiger partial charge in [-0.05, 0) is 38.5 Å². The van der Waals surface area contributed by atoms with E-state index in [9.17, 15) is 0 Å². The number of nitrogen functional groups attached to an aromatic ring is 1. The largest absolute Gasteiger partial charge is 0.495 e. The van der Waals surface area contributed by atoms with Gasteiger partial charge in [0.2, 0.25) is 0 Å². The minimum Gasteiger partial charge on any atom is -0.495 e. The first-order valence-electron chi connectivity index (χ1n) is 4.73. The van der Waals surface area contributed by atoms with E-state index in [0.29, 0.717) is 5.75 Å². The molecule has 0 atom stereocenters. The summed E-state index contributed by atoms with van der Waals surface area (Å²) in [4.78, 5) is 1.12. The Hall–Kier alpha value is -1.48. The zero-order chi connectivity index (χ0) is 13.1. The van der Waals surface area contributed by atoms with Crippen molar-refractivity contribution in [3.05, 3.63) is 26.6 Å². The molecule has 0 saturated heterocycles. The Bertz CT molecular complexity index is 597. The third-order valence-electron chi connectivity index (χ3n) is 2.02. The zero-order valence-corrected chi connectivity index (χ0v) is 12.4. The first kappa shape index (κ1) is 13.0. The number of hydrogen-bond donors (Lipinski definition) is 1. The van der Waals surface area contributed by atoms with E-state index in [-0.39, 0.29) is 5.95 Å². The molecule has 0 amide bonds. The average molecular weight is 376 g/mol. The number of methoxy groups -OCH3 is 1. The number of aromatic nitrogens is 4. The highest BCUT2D eigenvalue weighted by atomic mass is 79.9. The van der Waals surface area contributed by atoms with Crippen LogP contribution >= 0.6 is 31.9 Å². The molecule has 94 valence electrons. The van der Waals surface area contributed by atoms with Crippen LogP contribution in [0.3, 0.4) is 0 Å². The molecule has 0 fully saturated rings. The van der Waals surface area contributed by atoms with E-state index in [2.05, 4.69) is 52.5 Å². The van der Waals surface area contributed by atoms with Crippen LogP contribution < -0.4 is 10.5 Å². The molecule has 0 radical (unpaired) electrons. The number of benzene rings is 1. The fraction of sp³-hybridized carbons (Fsp3) is 0.111. The van der Waals surface area contributed by atoms with Gasteiger partial charge >= 0.3 is 0 Å². The molecule has 0 unspecified atom stereocenters. The van der Waals surface area contributed by atoms with Crippen molar-refractivity contribution < 1.29 is 4.74 Å². The summed E-state index contributed by atoms with van der Waals surface area (Å²) in [5.74, 6) is 0.771. The van der Waals surface area contributed by atoms with Gasteiger partial charge in [0.25, 0.3) is 5.95 Å². The predicted octanol–water partition coefficient (Wildman–Crippen LogP) is 1.67. The van der Waals surface area contributed by atoms with Crippen LogP contribution in [0.2, 0.25) is 0 Å². The lowest BCUT2D eigenvalue weighted by molar-refractivity contribution is 0.411. The van der Waals surface area contributed by atoms with E-state index in [4.69, 9.17) is 10.5 Å². The molecule has 0 aliphatic heterocycles. The van der Waals surface area contributed by atoms with Crippen molar-refractivity contribution in [3.8, 4) is 5.75 Å². The molecule has 2 rings (SSSR count). The van der Waals surface area contributed by atoms with Crippen LogP contribution in [0.5, 0.6) is 5.75 Å². The number of anilines is 1. The molecule has 7 nitrogen and oxygen atoms in total. The maximum atomic E-state index is 5.50. The lowest BCUT2D eigenvalue weighted by Gasteiger charge is -2.07. The van der Waals surface area contributed by atoms with Crippen LogP contribution in [0.15, 0.2) is 26.2 Å². The number of hydrogen-bond acceptors (Lipinski definition) is 6. The molecule has 1 aromatic carbocycles. The second-order valence-corrected chi connectivity index (χ2v) is 4.95. The van der Waals surface area contributed by atoms with Crippen molar-refractivity contribution in [2.45, 2.75) is 0 Å². The molecule has 2 aromatic rings. The van der Waals surface area contributed by atoms with E-state index in [1.807, 2.05) is 12.1 Å². The summed E-state index contributed by atoms with van der Waals surface area (Å²) >= 11 is 6.79. The third kappa shape index (κ3) is 2.67. The van der Waals surface area contributed by atoms with Crippen LogP contribution in [0, 0.1) is 0 Å². The number of ether oxygens (including phenoxy) is 1. The minimum absolute atomic E-state index is 0.110. The van der Waals surface area contributed by atoms with Gasteiger partial charge in [-0.2, -0.15) is 5.10 Å². The SMILES string of the molecule is COc1c(Br)cc(Br)cc1C=Nn1nnnc1N. The molecule has 0 aliphatic rings. The summed E-state index contributed by atoms with van der Waals surface area (Å²) in [6, 6.07) is 3.73. The van der Waals surface area contributed by atoms with E-state index in [1.54, 1.807) is 13.3 Å². The monoisotopic (exact) mass is 374 g/mol. The normalized spacial score (nSPS) is 11.1. The van der Waals surface area contributed by atoms with Gasteiger partial charge < -0.3 is 10.5 Å². The van der Waals surface area contributed by atoms with E-state index in [0.717, 1.165) is 19.3 Å². The average Bonchev–Trinajstić information content (AvgIpc) is 2.71. The summed E-state index contributed by atoms with van der Waals surface area (Å²) in [6.07, 6.45) is 1.56. The maximum absolute atomic E-state index is 5.50. The van der Waals surface area contributed by atoms with Crippen molar-refractivity contribution in [2.24, 2.45) is 5.10 Å². The molecular formula is C9H8Br2N6O. The molecule has 1 heterocycles. The molecule has 0 aliphatic carbocycles. The standard InChI is InChI=1S/C9H8Br2N6O/c1-18-8-5(2-6(10)3-7(8)11)4-13-17-9(12)14-15-16-17/h2-4H,1H3,(H2,12,14,16). The first-order chi connectivity index (χ1) is 8.61. The number of nitrogens with two attached hydrogens (primary N) is 1. The highest BCUT2D eigenvalue weighted by Gasteiger charge is 2.08. The highest BCUT2D eigenvalue weighted by molar-refractivity contribution is 9.11. The van der Waals surface area contributed by atoms with Crippen LogP contribution in [0.4, 0.5) is 5.95 Å². The lowest BCUT2D eigenvalue weighted by Crippen LogP contribution is -2.00. The third-order valence-corrected chi connectivity index (χ3v) is 3.07. The zero-order valence-electron chi connectivity index (χ0n) is 9.21. The highest BCUT2D eigenvalue weighted by Crippen LogP contribution is 2.31. The Morgan fingerprint density at radius 3 is 2.83 bits per heavy atom. The van der Waals surface area contributed by atoms with Crippen LogP contribution in [0.1, 0.15) is 5.56 Å². The first-order valence-corrected chi connectivity index (χ1v) is 6.31. The number of rotatable bonds is 3. The van der Waals surface area contributed by atoms with Crippen molar-refractivity contribution in [1.29, 1.82) is 0 Å². The topological polar surface area (TPSA) is 91.2 Å². The van der Waals surface area contributed by atoms with Crippen molar-refractivity contribution in [3.63, 3.8) is 0 Å². The quantitative estimate of drug-likeness (QED) is 0.824. The Kier molecular flexibility index (Phi) is 3.92. The predicted molar refractivity (Wildman–Crippen MR) is 73.6 cm³/mol. The molecule has 1 aromatic heterocycles. The molecule has 2 N–H and O–H groups in total. The van der Waals surface area contributed by atoms with E-state index < -0.39 is 0 Å². The Labute approximate surface area is 119 Å². The van der Waals surface area contributed by atoms with Crippen LogP contribution in [0.25, 0.3) is 0 Å². The molecule has 9 heteroatoms. The molecular weight excluding hydrogens is 368 g/mol. The molecule has 18 heavy (non-hydrogen) atoms. The van der Waals surface area contributed by atoms with Gasteiger partial charge in [0.15, 0.2) is 0 Å². The molecule has 0 bridgehead atoms. The van der Waals surface area contributed by atoms with E-state index >= 15 is 0 Å². The van der Waals surface area contributed by atoms with Gasteiger partial charge in [0.1, 0.15) is 5.75 Å². The second-order valence-electron chi connectivity index (χ2n) is 3.18. The lowest BCUT2D eigenvalue weighted by atomic mass is 10.2. The smallest absolute Gasteiger partial charge is 0.263 e. The second kappa shape index (κ2) is 5.44. The van der Waals surface area contributed by atoms with E-state index in [1.165, 1.54) is 0 Å². The summed E-state index contributed by atoms with van der Waals surface area (Å²) in [5.41, 5.74) is 6.26. The Morgan fingerprint density at radius 1 is 1.44 bits per heavy atom. The number of tetrazole rings is 1. The van der Waals surface area contributed by atoms with Gasteiger partial charge in [-0.3, -0.25) is 0 Å². The summed E-state index contributed by atoms with van der Waals surface area (Å²) in [5, 5.41) is 14.5. The number of halogens is 2. The molecule has 0 saturated carbocycles. The van der Waals surface area contributed by atoms with Gasteiger partial charge in [-0.1, -0.05) is 25.8 Å². The van der Waals surface area contributed by atoms with Gasteiger partial charge in [0.05, 0.1) is 17.8 Å². The van der Waals surface area contributed by atoms with Gasteiger partial charge in [-0.15, -0.1) is 0 Å². The van der Waals surface area contributed by atoms with Crippen molar-refractivity contribution >= 4 is 44.0 Å². The van der Waals surface area contributed by atoms with Crippen LogP contribution in [-0.4, -0.2) is 33.6 Å². The Morgan fingerprint density at radius 2 is 2.22 bits per heavy atom.